The predicted octanol–water partition coefficient (Wildman–Crippen LogP) is 7.47. The van der Waals surface area contributed by atoms with Crippen molar-refractivity contribution in [2.45, 2.75) is 85.0 Å². The van der Waals surface area contributed by atoms with Gasteiger partial charge in [0.1, 0.15) is 0 Å². The number of fused-ring (bicyclic) bond motifs is 1. The minimum Gasteiger partial charge on any atom is -0.153 e. The second kappa shape index (κ2) is 7.64. The van der Waals surface area contributed by atoms with Crippen molar-refractivity contribution in [3.8, 4) is 16.8 Å². The molecule has 0 aliphatic heterocycles. The summed E-state index contributed by atoms with van der Waals surface area (Å²) in [5.41, 5.74) is 12.3. The lowest BCUT2D eigenvalue weighted by atomic mass is 9.78. The third-order valence-electron chi connectivity index (χ3n) is 6.44. The summed E-state index contributed by atoms with van der Waals surface area (Å²) in [7, 11) is 0. The van der Waals surface area contributed by atoms with Crippen molar-refractivity contribution >= 4 is 11.3 Å². The van der Waals surface area contributed by atoms with E-state index in [2.05, 4.69) is 94.9 Å². The van der Waals surface area contributed by atoms with Gasteiger partial charge in [0.15, 0.2) is 0 Å². The van der Waals surface area contributed by atoms with E-state index in [0.29, 0.717) is 0 Å². The molecule has 0 unspecified atom stereocenters. The van der Waals surface area contributed by atoms with Crippen molar-refractivity contribution in [2.75, 3.05) is 0 Å². The maximum Gasteiger partial charge on any atom is 0.231 e. The zero-order chi connectivity index (χ0) is 21.7. The number of aromatic nitrogens is 1. The molecule has 0 atom stereocenters. The molecule has 0 amide bonds. The molecule has 4 rings (SSSR count). The van der Waals surface area contributed by atoms with Gasteiger partial charge in [-0.1, -0.05) is 83.2 Å². The fraction of sp³-hybridized carbons (Fsp3) is 0.464. The summed E-state index contributed by atoms with van der Waals surface area (Å²) in [5, 5.41) is 0. The molecule has 158 valence electrons. The van der Waals surface area contributed by atoms with Crippen molar-refractivity contribution < 1.29 is 4.57 Å². The number of benzene rings is 2. The van der Waals surface area contributed by atoms with Crippen LogP contribution in [0.1, 0.15) is 81.6 Å². The zero-order valence-electron chi connectivity index (χ0n) is 19.7. The van der Waals surface area contributed by atoms with Crippen molar-refractivity contribution in [1.29, 1.82) is 0 Å². The molecule has 0 saturated carbocycles. The van der Waals surface area contributed by atoms with Gasteiger partial charge in [-0.25, -0.2) is 0 Å². The van der Waals surface area contributed by atoms with Gasteiger partial charge in [-0.15, -0.1) is 0 Å². The van der Waals surface area contributed by atoms with Gasteiger partial charge in [0.2, 0.25) is 16.9 Å². The van der Waals surface area contributed by atoms with Gasteiger partial charge in [-0.05, 0) is 59.8 Å². The number of hydrogen-bond donors (Lipinski definition) is 0. The summed E-state index contributed by atoms with van der Waals surface area (Å²) >= 11 is 1.94. The first-order valence-corrected chi connectivity index (χ1v) is 12.2. The highest BCUT2D eigenvalue weighted by Gasteiger charge is 2.29. The van der Waals surface area contributed by atoms with Gasteiger partial charge in [0.05, 0.1) is 10.4 Å². The molecule has 3 aromatic rings. The Bertz CT molecular complexity index is 1040. The van der Waals surface area contributed by atoms with Crippen molar-refractivity contribution in [1.82, 2.24) is 0 Å². The lowest BCUT2D eigenvalue weighted by Gasteiger charge is -2.26. The van der Waals surface area contributed by atoms with E-state index in [-0.39, 0.29) is 10.8 Å². The molecule has 1 aliphatic rings. The lowest BCUT2D eigenvalue weighted by Crippen LogP contribution is -2.35. The maximum atomic E-state index is 2.50. The Hall–Kier alpha value is -1.93. The largest absolute Gasteiger partial charge is 0.231 e. The topological polar surface area (TPSA) is 3.88 Å². The smallest absolute Gasteiger partial charge is 0.153 e. The molecule has 2 aromatic carbocycles. The van der Waals surface area contributed by atoms with E-state index in [0.717, 1.165) is 0 Å². The highest BCUT2D eigenvalue weighted by Crippen LogP contribution is 2.36. The molecule has 0 bridgehead atoms. The van der Waals surface area contributed by atoms with Crippen LogP contribution in [0.2, 0.25) is 0 Å². The fourth-order valence-corrected chi connectivity index (χ4v) is 5.54. The summed E-state index contributed by atoms with van der Waals surface area (Å²) < 4.78 is 2.50. The summed E-state index contributed by atoms with van der Waals surface area (Å²) in [6, 6.07) is 14.1. The Morgan fingerprint density at radius 3 is 2.10 bits per heavy atom. The molecule has 30 heavy (non-hydrogen) atoms. The molecule has 0 saturated heterocycles. The Kier molecular flexibility index (Phi) is 5.43. The number of thiazole rings is 1. The third kappa shape index (κ3) is 3.99. The van der Waals surface area contributed by atoms with Gasteiger partial charge in [0.25, 0.3) is 0 Å². The Balaban J connectivity index is 1.97. The van der Waals surface area contributed by atoms with E-state index in [4.69, 9.17) is 0 Å². The van der Waals surface area contributed by atoms with Crippen LogP contribution in [0.4, 0.5) is 0 Å². The van der Waals surface area contributed by atoms with E-state index in [1.54, 1.807) is 4.88 Å². The van der Waals surface area contributed by atoms with E-state index >= 15 is 0 Å². The quantitative estimate of drug-likeness (QED) is 0.380. The second-order valence-electron chi connectivity index (χ2n) is 10.9. The molecule has 2 heteroatoms. The van der Waals surface area contributed by atoms with Crippen LogP contribution in [0.25, 0.3) is 16.8 Å². The predicted molar refractivity (Wildman–Crippen MR) is 130 cm³/mol. The number of nitrogens with zero attached hydrogens (tertiary/aromatic N) is 1. The Labute approximate surface area is 186 Å². The fourth-order valence-electron chi connectivity index (χ4n) is 4.47. The summed E-state index contributed by atoms with van der Waals surface area (Å²) in [5.74, 6) is 0. The molecule has 0 fully saturated rings. The van der Waals surface area contributed by atoms with Crippen LogP contribution in [-0.4, -0.2) is 0 Å². The van der Waals surface area contributed by atoms with Crippen LogP contribution >= 0.6 is 11.3 Å². The second-order valence-corrected chi connectivity index (χ2v) is 11.9. The number of aryl methyl sites for hydroxylation is 2. The first-order chi connectivity index (χ1) is 14.1. The van der Waals surface area contributed by atoms with Crippen LogP contribution in [0, 0.1) is 6.92 Å². The van der Waals surface area contributed by atoms with E-state index in [1.807, 2.05) is 11.3 Å². The molecule has 1 nitrogen and oxygen atoms in total. The van der Waals surface area contributed by atoms with Crippen molar-refractivity contribution in [2.24, 2.45) is 0 Å². The highest BCUT2D eigenvalue weighted by atomic mass is 32.1. The van der Waals surface area contributed by atoms with Gasteiger partial charge >= 0.3 is 0 Å². The lowest BCUT2D eigenvalue weighted by molar-refractivity contribution is -0.599. The van der Waals surface area contributed by atoms with E-state index in [9.17, 15) is 0 Å². The van der Waals surface area contributed by atoms with E-state index < -0.39 is 0 Å². The van der Waals surface area contributed by atoms with Gasteiger partial charge in [0, 0.05) is 12.0 Å². The number of rotatable bonds is 2. The maximum absolute atomic E-state index is 2.50. The minimum absolute atomic E-state index is 0.120. The van der Waals surface area contributed by atoms with Crippen molar-refractivity contribution in [3.05, 3.63) is 69.2 Å². The zero-order valence-corrected chi connectivity index (χ0v) is 20.5. The van der Waals surface area contributed by atoms with Crippen molar-refractivity contribution in [3.63, 3.8) is 0 Å². The van der Waals surface area contributed by atoms with Crippen LogP contribution in [-0.2, 0) is 23.7 Å². The summed E-state index contributed by atoms with van der Waals surface area (Å²) in [6.45, 7) is 16.2. The summed E-state index contributed by atoms with van der Waals surface area (Å²) in [6.07, 6.45) is 5.07. The first-order valence-electron chi connectivity index (χ1n) is 11.3. The van der Waals surface area contributed by atoms with Gasteiger partial charge in [-0.2, -0.15) is 4.57 Å². The Morgan fingerprint density at radius 1 is 0.833 bits per heavy atom. The molecule has 0 N–H and O–H groups in total. The SMILES string of the molecule is Cc1cccc(-c2cc(C(C)(C)C)cc(C(C)(C)C)c2)c1-[n+]1csc2c1CCCC2. The van der Waals surface area contributed by atoms with Crippen LogP contribution < -0.4 is 4.57 Å². The minimum atomic E-state index is 0.120. The molecular formula is C28H36NS+. The monoisotopic (exact) mass is 418 g/mol. The first kappa shape index (κ1) is 21.3. The normalized spacial score (nSPS) is 14.6. The molecule has 1 heterocycles. The average molecular weight is 419 g/mol. The molecule has 1 aliphatic carbocycles. The molecule has 0 spiro atoms. The van der Waals surface area contributed by atoms with Gasteiger partial charge < -0.3 is 0 Å². The average Bonchev–Trinajstić information content (AvgIpc) is 3.10. The third-order valence-corrected chi connectivity index (χ3v) is 7.48. The molecular weight excluding hydrogens is 382 g/mol. The van der Waals surface area contributed by atoms with Crippen LogP contribution in [0.5, 0.6) is 0 Å². The molecule has 0 radical (unpaired) electrons. The molecule has 1 aromatic heterocycles. The van der Waals surface area contributed by atoms with Crippen LogP contribution in [0.3, 0.4) is 0 Å². The van der Waals surface area contributed by atoms with Gasteiger partial charge in [-0.3, -0.25) is 0 Å². The van der Waals surface area contributed by atoms with Crippen LogP contribution in [0.15, 0.2) is 41.9 Å². The standard InChI is InChI=1S/C28H36NS/c1-19-11-10-12-23(26(19)29-18-30-25-14-9-8-13-24(25)29)20-15-21(27(2,3)4)17-22(16-20)28(5,6)7/h10-12,15-18H,8-9,13-14H2,1-7H3/q+1. The Morgan fingerprint density at radius 2 is 1.47 bits per heavy atom. The summed E-state index contributed by atoms with van der Waals surface area (Å²) in [4.78, 5) is 1.58. The number of para-hydroxylation sites is 1. The van der Waals surface area contributed by atoms with E-state index in [1.165, 1.54) is 64.9 Å². The number of hydrogen-bond acceptors (Lipinski definition) is 1. The highest BCUT2D eigenvalue weighted by molar-refractivity contribution is 7.09.